The third-order valence-electron chi connectivity index (χ3n) is 4.14. The van der Waals surface area contributed by atoms with Crippen molar-refractivity contribution in [3.8, 4) is 5.88 Å². The van der Waals surface area contributed by atoms with Crippen molar-refractivity contribution in [2.24, 2.45) is 0 Å². The van der Waals surface area contributed by atoms with Gasteiger partial charge in [-0.2, -0.15) is 18.2 Å². The lowest BCUT2D eigenvalue weighted by Crippen LogP contribution is -2.35. The second-order valence-corrected chi connectivity index (χ2v) is 6.34. The number of likely N-dealkylation sites (tertiary alicyclic amines) is 1. The van der Waals surface area contributed by atoms with Gasteiger partial charge in [-0.05, 0) is 26.0 Å². The summed E-state index contributed by atoms with van der Waals surface area (Å²) in [5.74, 6) is 1.01. The van der Waals surface area contributed by atoms with Gasteiger partial charge in [-0.15, -0.1) is 0 Å². The third kappa shape index (κ3) is 4.66. The number of benzene rings is 1. The van der Waals surface area contributed by atoms with Crippen molar-refractivity contribution in [2.45, 2.75) is 32.5 Å². The molecule has 1 aromatic heterocycles. The van der Waals surface area contributed by atoms with Crippen molar-refractivity contribution < 1.29 is 22.7 Å². The van der Waals surface area contributed by atoms with Gasteiger partial charge in [-0.1, -0.05) is 12.1 Å². The van der Waals surface area contributed by atoms with E-state index in [9.17, 15) is 18.0 Å². The van der Waals surface area contributed by atoms with Crippen molar-refractivity contribution in [2.75, 3.05) is 18.4 Å². The quantitative estimate of drug-likeness (QED) is 0.880. The normalized spacial score (nSPS) is 17.1. The number of para-hydroxylation sites is 1. The highest BCUT2D eigenvalue weighted by molar-refractivity contribution is 5.90. The van der Waals surface area contributed by atoms with Crippen LogP contribution in [0.15, 0.2) is 30.3 Å². The van der Waals surface area contributed by atoms with Crippen LogP contribution in [0.4, 0.5) is 23.7 Å². The highest BCUT2D eigenvalue weighted by Gasteiger charge is 2.34. The van der Waals surface area contributed by atoms with Crippen LogP contribution in [0.1, 0.15) is 23.5 Å². The number of carbonyl (C=O) groups excluding carboxylic acids is 1. The topological polar surface area (TPSA) is 67.3 Å². The molecule has 0 bridgehead atoms. The molecule has 144 valence electrons. The van der Waals surface area contributed by atoms with E-state index in [2.05, 4.69) is 15.3 Å². The number of aromatic nitrogens is 2. The van der Waals surface area contributed by atoms with E-state index in [4.69, 9.17) is 4.74 Å². The summed E-state index contributed by atoms with van der Waals surface area (Å²) in [7, 11) is 0. The minimum atomic E-state index is -4.54. The molecule has 0 aliphatic carbocycles. The number of alkyl halides is 3. The van der Waals surface area contributed by atoms with Gasteiger partial charge in [-0.3, -0.25) is 0 Å². The Kier molecular flexibility index (Phi) is 5.20. The number of nitrogens with zero attached hydrogens (tertiary/aromatic N) is 3. The number of urea groups is 1. The molecule has 9 heteroatoms. The largest absolute Gasteiger partial charge is 0.472 e. The van der Waals surface area contributed by atoms with Gasteiger partial charge in [0.2, 0.25) is 5.88 Å². The molecule has 1 atom stereocenters. The van der Waals surface area contributed by atoms with E-state index in [1.54, 1.807) is 13.0 Å². The number of amides is 2. The van der Waals surface area contributed by atoms with Crippen molar-refractivity contribution in [1.29, 1.82) is 0 Å². The van der Waals surface area contributed by atoms with E-state index >= 15 is 0 Å². The lowest BCUT2D eigenvalue weighted by molar-refractivity contribution is -0.136. The first kappa shape index (κ1) is 18.9. The molecular weight excluding hydrogens is 361 g/mol. The summed E-state index contributed by atoms with van der Waals surface area (Å²) < 4.78 is 44.9. The van der Waals surface area contributed by atoms with Gasteiger partial charge in [0.05, 0.1) is 17.8 Å². The summed E-state index contributed by atoms with van der Waals surface area (Å²) >= 11 is 0. The van der Waals surface area contributed by atoms with Gasteiger partial charge in [0.25, 0.3) is 0 Å². The predicted octanol–water partition coefficient (Wildman–Crippen LogP) is 3.80. The standard InChI is InChI=1S/C18H19F3N4O2/c1-11-9-16(23-12(2)22-11)27-13-7-8-25(10-13)17(26)24-15-6-4-3-5-14(15)18(19,20)21/h3-6,9,13H,7-8,10H2,1-2H3,(H,24,26)/t13-/m0/s1. The monoisotopic (exact) mass is 380 g/mol. The Morgan fingerprint density at radius 2 is 2.00 bits per heavy atom. The number of halogens is 3. The summed E-state index contributed by atoms with van der Waals surface area (Å²) in [4.78, 5) is 22.2. The molecular formula is C18H19F3N4O2. The molecule has 0 unspecified atom stereocenters. The number of hydrogen-bond donors (Lipinski definition) is 1. The molecule has 1 aliphatic rings. The van der Waals surface area contributed by atoms with E-state index in [1.807, 2.05) is 6.92 Å². The zero-order valence-electron chi connectivity index (χ0n) is 14.9. The average Bonchev–Trinajstić information content (AvgIpc) is 3.02. The zero-order valence-corrected chi connectivity index (χ0v) is 14.9. The SMILES string of the molecule is Cc1cc(O[C@H]2CCN(C(=O)Nc3ccccc3C(F)(F)F)C2)nc(C)n1. The molecule has 2 amide bonds. The van der Waals surface area contributed by atoms with Crippen LogP contribution in [-0.2, 0) is 6.18 Å². The van der Waals surface area contributed by atoms with Crippen LogP contribution in [0.2, 0.25) is 0 Å². The van der Waals surface area contributed by atoms with Crippen molar-refractivity contribution >= 4 is 11.7 Å². The number of hydrogen-bond acceptors (Lipinski definition) is 4. The van der Waals surface area contributed by atoms with Gasteiger partial charge in [0.1, 0.15) is 11.9 Å². The molecule has 0 saturated carbocycles. The number of aryl methyl sites for hydroxylation is 2. The van der Waals surface area contributed by atoms with Gasteiger partial charge < -0.3 is 15.0 Å². The van der Waals surface area contributed by atoms with Crippen molar-refractivity contribution in [3.63, 3.8) is 0 Å². The number of rotatable bonds is 3. The van der Waals surface area contributed by atoms with E-state index in [0.717, 1.165) is 11.8 Å². The summed E-state index contributed by atoms with van der Waals surface area (Å²) in [5, 5.41) is 2.35. The fourth-order valence-corrected chi connectivity index (χ4v) is 2.96. The molecule has 0 spiro atoms. The second kappa shape index (κ2) is 7.42. The van der Waals surface area contributed by atoms with Gasteiger partial charge in [0, 0.05) is 24.7 Å². The van der Waals surface area contributed by atoms with Crippen LogP contribution in [0.5, 0.6) is 5.88 Å². The van der Waals surface area contributed by atoms with Crippen LogP contribution in [0, 0.1) is 13.8 Å². The summed E-state index contributed by atoms with van der Waals surface area (Å²) in [5.41, 5.74) is -0.368. The van der Waals surface area contributed by atoms with Crippen LogP contribution < -0.4 is 10.1 Å². The Balaban J connectivity index is 1.63. The predicted molar refractivity (Wildman–Crippen MR) is 92.6 cm³/mol. The smallest absolute Gasteiger partial charge is 0.418 e. The van der Waals surface area contributed by atoms with E-state index in [-0.39, 0.29) is 18.3 Å². The maximum absolute atomic E-state index is 13.0. The lowest BCUT2D eigenvalue weighted by atomic mass is 10.1. The first-order chi connectivity index (χ1) is 12.7. The first-order valence-electron chi connectivity index (χ1n) is 8.43. The zero-order chi connectivity index (χ0) is 19.6. The van der Waals surface area contributed by atoms with Gasteiger partial charge in [0.15, 0.2) is 0 Å². The van der Waals surface area contributed by atoms with Crippen LogP contribution in [0.25, 0.3) is 0 Å². The van der Waals surface area contributed by atoms with Crippen LogP contribution in [0.3, 0.4) is 0 Å². The Hall–Kier alpha value is -2.84. The highest BCUT2D eigenvalue weighted by atomic mass is 19.4. The third-order valence-corrected chi connectivity index (χ3v) is 4.14. The summed E-state index contributed by atoms with van der Waals surface area (Å²) in [6, 6.07) is 6.01. The lowest BCUT2D eigenvalue weighted by Gasteiger charge is -2.19. The van der Waals surface area contributed by atoms with E-state index < -0.39 is 17.8 Å². The molecule has 6 nitrogen and oxygen atoms in total. The maximum atomic E-state index is 13.0. The molecule has 1 saturated heterocycles. The Morgan fingerprint density at radius 3 is 2.70 bits per heavy atom. The number of anilines is 1. The summed E-state index contributed by atoms with van der Waals surface area (Å²) in [6.07, 6.45) is -4.25. The molecule has 1 fully saturated rings. The van der Waals surface area contributed by atoms with E-state index in [0.29, 0.717) is 24.7 Å². The second-order valence-electron chi connectivity index (χ2n) is 6.34. The van der Waals surface area contributed by atoms with Gasteiger partial charge >= 0.3 is 12.2 Å². The number of ether oxygens (including phenoxy) is 1. The molecule has 2 aromatic rings. The Bertz CT molecular complexity index is 821. The molecule has 1 N–H and O–H groups in total. The first-order valence-corrected chi connectivity index (χ1v) is 8.43. The van der Waals surface area contributed by atoms with Crippen LogP contribution in [-0.4, -0.2) is 40.1 Å². The molecule has 27 heavy (non-hydrogen) atoms. The Morgan fingerprint density at radius 1 is 1.26 bits per heavy atom. The molecule has 2 heterocycles. The molecule has 0 radical (unpaired) electrons. The maximum Gasteiger partial charge on any atom is 0.418 e. The minimum Gasteiger partial charge on any atom is -0.472 e. The summed E-state index contributed by atoms with van der Waals surface area (Å²) in [6.45, 7) is 4.23. The van der Waals surface area contributed by atoms with Crippen molar-refractivity contribution in [1.82, 2.24) is 14.9 Å². The van der Waals surface area contributed by atoms with Crippen LogP contribution >= 0.6 is 0 Å². The molecule has 1 aromatic carbocycles. The number of carbonyl (C=O) groups is 1. The van der Waals surface area contributed by atoms with Gasteiger partial charge in [-0.25, -0.2) is 9.78 Å². The highest BCUT2D eigenvalue weighted by Crippen LogP contribution is 2.34. The van der Waals surface area contributed by atoms with E-state index in [1.165, 1.54) is 23.1 Å². The van der Waals surface area contributed by atoms with Crippen molar-refractivity contribution in [3.05, 3.63) is 47.4 Å². The number of nitrogens with one attached hydrogen (secondary N) is 1. The minimum absolute atomic E-state index is 0.263. The fraction of sp³-hybridized carbons (Fsp3) is 0.389. The fourth-order valence-electron chi connectivity index (χ4n) is 2.96. The average molecular weight is 380 g/mol. The molecule has 1 aliphatic heterocycles. The Labute approximate surface area is 154 Å². The molecule has 3 rings (SSSR count).